The highest BCUT2D eigenvalue weighted by molar-refractivity contribution is 5.60. The number of aryl methyl sites for hydroxylation is 1. The van der Waals surface area contributed by atoms with Gasteiger partial charge in [-0.2, -0.15) is 15.0 Å². The van der Waals surface area contributed by atoms with E-state index in [1.165, 1.54) is 5.56 Å². The molecule has 0 spiro atoms. The van der Waals surface area contributed by atoms with Crippen LogP contribution in [0.15, 0.2) is 24.3 Å². The minimum absolute atomic E-state index is 0.342. The van der Waals surface area contributed by atoms with Gasteiger partial charge in [0.2, 0.25) is 17.8 Å². The molecule has 0 saturated carbocycles. The number of nitrogens with two attached hydrogens (primary N) is 1. The zero-order chi connectivity index (χ0) is 15.4. The molecule has 0 aliphatic rings. The average Bonchev–Trinajstić information content (AvgIpc) is 2.47. The molecule has 7 nitrogen and oxygen atoms in total. The van der Waals surface area contributed by atoms with Crippen molar-refractivity contribution >= 4 is 23.5 Å². The molecule has 7 heteroatoms. The van der Waals surface area contributed by atoms with Crippen LogP contribution in [-0.2, 0) is 0 Å². The molecule has 1 aromatic carbocycles. The van der Waals surface area contributed by atoms with Crippen LogP contribution in [0, 0.1) is 6.92 Å². The zero-order valence-corrected chi connectivity index (χ0v) is 12.8. The van der Waals surface area contributed by atoms with Crippen molar-refractivity contribution in [3.05, 3.63) is 29.8 Å². The Hall–Kier alpha value is -2.41. The quantitative estimate of drug-likeness (QED) is 0.639. The smallest absolute Gasteiger partial charge is 0.243 e. The predicted molar refractivity (Wildman–Crippen MR) is 85.8 cm³/mol. The van der Waals surface area contributed by atoms with Gasteiger partial charge >= 0.3 is 0 Å². The fourth-order valence-corrected chi connectivity index (χ4v) is 1.97. The zero-order valence-electron chi connectivity index (χ0n) is 12.8. The standard InChI is InChI=1S/C14H21N7/c1-5-21(11-8-6-7-10(2)9-11)14-17-12(19-15)16-13(18-14)20(3)4/h6-9H,5,15H2,1-4H3,(H,16,17,18,19). The van der Waals surface area contributed by atoms with E-state index in [1.54, 1.807) is 0 Å². The van der Waals surface area contributed by atoms with Crippen LogP contribution >= 0.6 is 0 Å². The SMILES string of the molecule is CCN(c1cccc(C)c1)c1nc(NN)nc(N(C)C)n1. The van der Waals surface area contributed by atoms with Crippen molar-refractivity contribution in [3.8, 4) is 0 Å². The Labute approximate surface area is 124 Å². The van der Waals surface area contributed by atoms with Crippen molar-refractivity contribution in [3.63, 3.8) is 0 Å². The Morgan fingerprint density at radius 3 is 2.43 bits per heavy atom. The molecule has 2 aromatic rings. The Morgan fingerprint density at radius 1 is 1.14 bits per heavy atom. The summed E-state index contributed by atoms with van der Waals surface area (Å²) in [6, 6.07) is 8.20. The summed E-state index contributed by atoms with van der Waals surface area (Å²) in [5.74, 6) is 6.91. The third-order valence-electron chi connectivity index (χ3n) is 3.01. The summed E-state index contributed by atoms with van der Waals surface area (Å²) in [6.07, 6.45) is 0. The maximum atomic E-state index is 5.45. The molecular weight excluding hydrogens is 266 g/mol. The number of rotatable bonds is 5. The normalized spacial score (nSPS) is 10.3. The first-order valence-corrected chi connectivity index (χ1v) is 6.79. The van der Waals surface area contributed by atoms with Crippen LogP contribution in [0.2, 0.25) is 0 Å². The molecule has 2 rings (SSSR count). The molecule has 1 aromatic heterocycles. The maximum absolute atomic E-state index is 5.45. The van der Waals surface area contributed by atoms with E-state index in [4.69, 9.17) is 5.84 Å². The van der Waals surface area contributed by atoms with Crippen molar-refractivity contribution in [2.75, 3.05) is 35.9 Å². The van der Waals surface area contributed by atoms with Crippen LogP contribution in [0.25, 0.3) is 0 Å². The third-order valence-corrected chi connectivity index (χ3v) is 3.01. The molecule has 1 heterocycles. The van der Waals surface area contributed by atoms with Gasteiger partial charge in [0, 0.05) is 26.3 Å². The first-order valence-electron chi connectivity index (χ1n) is 6.79. The molecule has 3 N–H and O–H groups in total. The molecule has 0 radical (unpaired) electrons. The van der Waals surface area contributed by atoms with Crippen LogP contribution in [0.3, 0.4) is 0 Å². The number of nitrogens with one attached hydrogen (secondary N) is 1. The molecule has 21 heavy (non-hydrogen) atoms. The number of aromatic nitrogens is 3. The van der Waals surface area contributed by atoms with Crippen molar-refractivity contribution in [2.45, 2.75) is 13.8 Å². The van der Waals surface area contributed by atoms with Gasteiger partial charge in [-0.15, -0.1) is 0 Å². The van der Waals surface area contributed by atoms with Crippen LogP contribution in [0.4, 0.5) is 23.5 Å². The van der Waals surface area contributed by atoms with E-state index in [-0.39, 0.29) is 0 Å². The predicted octanol–water partition coefficient (Wildman–Crippen LogP) is 1.69. The Morgan fingerprint density at radius 2 is 1.86 bits per heavy atom. The topological polar surface area (TPSA) is 83.2 Å². The summed E-state index contributed by atoms with van der Waals surface area (Å²) in [6.45, 7) is 4.85. The van der Waals surface area contributed by atoms with Crippen LogP contribution in [-0.4, -0.2) is 35.6 Å². The van der Waals surface area contributed by atoms with Crippen LogP contribution in [0.1, 0.15) is 12.5 Å². The number of anilines is 4. The molecule has 0 atom stereocenters. The van der Waals surface area contributed by atoms with Crippen molar-refractivity contribution in [2.24, 2.45) is 5.84 Å². The van der Waals surface area contributed by atoms with E-state index in [2.05, 4.69) is 46.4 Å². The van der Waals surface area contributed by atoms with Gasteiger partial charge in [-0.3, -0.25) is 5.43 Å². The van der Waals surface area contributed by atoms with Crippen molar-refractivity contribution in [1.29, 1.82) is 0 Å². The van der Waals surface area contributed by atoms with Gasteiger partial charge in [0.1, 0.15) is 0 Å². The summed E-state index contributed by atoms with van der Waals surface area (Å²) >= 11 is 0. The van der Waals surface area contributed by atoms with Gasteiger partial charge in [-0.05, 0) is 31.5 Å². The van der Waals surface area contributed by atoms with E-state index in [1.807, 2.05) is 36.0 Å². The Kier molecular flexibility index (Phi) is 4.54. The minimum Gasteiger partial charge on any atom is -0.347 e. The molecule has 0 aliphatic heterocycles. The third kappa shape index (κ3) is 3.38. The van der Waals surface area contributed by atoms with Crippen LogP contribution < -0.4 is 21.1 Å². The molecule has 0 bridgehead atoms. The molecule has 112 valence electrons. The number of nitrogen functional groups attached to an aromatic ring is 1. The monoisotopic (exact) mass is 287 g/mol. The summed E-state index contributed by atoms with van der Waals surface area (Å²) < 4.78 is 0. The fourth-order valence-electron chi connectivity index (χ4n) is 1.97. The first-order chi connectivity index (χ1) is 10.0. The summed E-state index contributed by atoms with van der Waals surface area (Å²) in [5, 5.41) is 0. The first kappa shape index (κ1) is 15.0. The largest absolute Gasteiger partial charge is 0.347 e. The van der Waals surface area contributed by atoms with Gasteiger partial charge < -0.3 is 9.80 Å². The second-order valence-electron chi connectivity index (χ2n) is 4.88. The number of benzene rings is 1. The van der Waals surface area contributed by atoms with E-state index in [0.717, 1.165) is 12.2 Å². The van der Waals surface area contributed by atoms with Gasteiger partial charge in [0.15, 0.2) is 0 Å². The Bertz CT molecular complexity index is 612. The molecule has 0 aliphatic carbocycles. The van der Waals surface area contributed by atoms with Gasteiger partial charge in [-0.1, -0.05) is 12.1 Å². The second-order valence-corrected chi connectivity index (χ2v) is 4.88. The number of hydrogen-bond acceptors (Lipinski definition) is 7. The highest BCUT2D eigenvalue weighted by Crippen LogP contribution is 2.24. The number of hydrogen-bond donors (Lipinski definition) is 2. The molecule has 0 saturated heterocycles. The van der Waals surface area contributed by atoms with E-state index < -0.39 is 0 Å². The molecule has 0 amide bonds. The minimum atomic E-state index is 0.342. The lowest BCUT2D eigenvalue weighted by Crippen LogP contribution is -2.23. The van der Waals surface area contributed by atoms with E-state index >= 15 is 0 Å². The number of hydrazine groups is 1. The van der Waals surface area contributed by atoms with Gasteiger partial charge in [0.05, 0.1) is 0 Å². The van der Waals surface area contributed by atoms with Gasteiger partial charge in [0.25, 0.3) is 0 Å². The Balaban J connectivity index is 2.48. The van der Waals surface area contributed by atoms with Crippen LogP contribution in [0.5, 0.6) is 0 Å². The summed E-state index contributed by atoms with van der Waals surface area (Å²) in [5.41, 5.74) is 4.71. The lowest BCUT2D eigenvalue weighted by molar-refractivity contribution is 0.894. The lowest BCUT2D eigenvalue weighted by atomic mass is 10.2. The fraction of sp³-hybridized carbons (Fsp3) is 0.357. The molecule has 0 unspecified atom stereocenters. The summed E-state index contributed by atoms with van der Waals surface area (Å²) in [4.78, 5) is 16.9. The second kappa shape index (κ2) is 6.36. The van der Waals surface area contributed by atoms with E-state index in [0.29, 0.717) is 17.8 Å². The molecule has 0 fully saturated rings. The summed E-state index contributed by atoms with van der Waals surface area (Å²) in [7, 11) is 3.75. The highest BCUT2D eigenvalue weighted by Gasteiger charge is 2.14. The van der Waals surface area contributed by atoms with Gasteiger partial charge in [-0.25, -0.2) is 5.84 Å². The lowest BCUT2D eigenvalue weighted by Gasteiger charge is -2.23. The average molecular weight is 287 g/mol. The number of nitrogens with zero attached hydrogens (tertiary/aromatic N) is 5. The molecular formula is C14H21N7. The maximum Gasteiger partial charge on any atom is 0.243 e. The van der Waals surface area contributed by atoms with Crippen molar-refractivity contribution < 1.29 is 0 Å². The van der Waals surface area contributed by atoms with Crippen molar-refractivity contribution in [1.82, 2.24) is 15.0 Å². The van der Waals surface area contributed by atoms with E-state index in [9.17, 15) is 0 Å². The highest BCUT2D eigenvalue weighted by atomic mass is 15.4.